The molecule has 20 heavy (non-hydrogen) atoms. The van der Waals surface area contributed by atoms with Crippen LogP contribution in [0.2, 0.25) is 0 Å². The fraction of sp³-hybridized carbons (Fsp3) is 0.647. The number of anilines is 1. The van der Waals surface area contributed by atoms with E-state index in [2.05, 4.69) is 31.7 Å². The van der Waals surface area contributed by atoms with Crippen LogP contribution in [0.15, 0.2) is 18.2 Å². The number of hydrogen-bond acceptors (Lipinski definition) is 3. The SMILES string of the molecule is CC(N)c1ccc(N2CCC(C(C)(C)C)CC2)cc1O. The van der Waals surface area contributed by atoms with Gasteiger partial charge < -0.3 is 15.7 Å². The molecule has 112 valence electrons. The predicted molar refractivity (Wildman–Crippen MR) is 85.1 cm³/mol. The van der Waals surface area contributed by atoms with Gasteiger partial charge in [0.1, 0.15) is 5.75 Å². The highest BCUT2D eigenvalue weighted by Crippen LogP contribution is 2.36. The monoisotopic (exact) mass is 276 g/mol. The summed E-state index contributed by atoms with van der Waals surface area (Å²) in [5, 5.41) is 10.1. The summed E-state index contributed by atoms with van der Waals surface area (Å²) in [5.41, 5.74) is 8.16. The third kappa shape index (κ3) is 3.26. The summed E-state index contributed by atoms with van der Waals surface area (Å²) in [6.45, 7) is 11.0. The molecular weight excluding hydrogens is 248 g/mol. The number of nitrogens with zero attached hydrogens (tertiary/aromatic N) is 1. The van der Waals surface area contributed by atoms with Crippen molar-refractivity contribution in [2.24, 2.45) is 17.1 Å². The molecule has 1 aromatic carbocycles. The van der Waals surface area contributed by atoms with E-state index < -0.39 is 0 Å². The maximum Gasteiger partial charge on any atom is 0.122 e. The lowest BCUT2D eigenvalue weighted by Crippen LogP contribution is -2.38. The number of hydrogen-bond donors (Lipinski definition) is 2. The molecule has 1 aromatic rings. The van der Waals surface area contributed by atoms with Crippen molar-refractivity contribution in [2.45, 2.75) is 46.6 Å². The molecule has 0 aromatic heterocycles. The van der Waals surface area contributed by atoms with Gasteiger partial charge in [-0.05, 0) is 37.2 Å². The molecule has 0 bridgehead atoms. The fourth-order valence-corrected chi connectivity index (χ4v) is 3.12. The molecule has 1 unspecified atom stereocenters. The van der Waals surface area contributed by atoms with E-state index in [1.165, 1.54) is 12.8 Å². The van der Waals surface area contributed by atoms with Crippen LogP contribution in [0.3, 0.4) is 0 Å². The van der Waals surface area contributed by atoms with Gasteiger partial charge in [-0.25, -0.2) is 0 Å². The Hall–Kier alpha value is -1.22. The zero-order chi connectivity index (χ0) is 14.9. The van der Waals surface area contributed by atoms with Crippen molar-refractivity contribution in [1.82, 2.24) is 0 Å². The van der Waals surface area contributed by atoms with E-state index in [1.54, 1.807) is 0 Å². The molecular formula is C17H28N2O. The molecule has 0 radical (unpaired) electrons. The van der Waals surface area contributed by atoms with E-state index in [-0.39, 0.29) is 6.04 Å². The van der Waals surface area contributed by atoms with E-state index in [1.807, 2.05) is 19.1 Å². The van der Waals surface area contributed by atoms with Gasteiger partial charge in [0.05, 0.1) is 0 Å². The second-order valence-corrected chi connectivity index (χ2v) is 7.16. The van der Waals surface area contributed by atoms with Gasteiger partial charge in [-0.3, -0.25) is 0 Å². The largest absolute Gasteiger partial charge is 0.508 e. The Balaban J connectivity index is 2.06. The number of aromatic hydroxyl groups is 1. The van der Waals surface area contributed by atoms with Crippen LogP contribution >= 0.6 is 0 Å². The lowest BCUT2D eigenvalue weighted by atomic mass is 9.75. The highest BCUT2D eigenvalue weighted by atomic mass is 16.3. The topological polar surface area (TPSA) is 49.5 Å². The van der Waals surface area contributed by atoms with Crippen molar-refractivity contribution in [3.8, 4) is 5.75 Å². The van der Waals surface area contributed by atoms with Gasteiger partial charge in [-0.1, -0.05) is 26.8 Å². The Morgan fingerprint density at radius 1 is 1.25 bits per heavy atom. The van der Waals surface area contributed by atoms with Crippen molar-refractivity contribution in [3.05, 3.63) is 23.8 Å². The normalized spacial score (nSPS) is 19.1. The van der Waals surface area contributed by atoms with Gasteiger partial charge in [-0.2, -0.15) is 0 Å². The van der Waals surface area contributed by atoms with Crippen LogP contribution < -0.4 is 10.6 Å². The first-order valence-corrected chi connectivity index (χ1v) is 7.62. The van der Waals surface area contributed by atoms with E-state index in [4.69, 9.17) is 5.73 Å². The van der Waals surface area contributed by atoms with Crippen LogP contribution in [0.4, 0.5) is 5.69 Å². The Kier molecular flexibility index (Phi) is 4.28. The molecule has 1 atom stereocenters. The minimum atomic E-state index is -0.129. The van der Waals surface area contributed by atoms with Crippen LogP contribution in [0.25, 0.3) is 0 Å². The van der Waals surface area contributed by atoms with Crippen molar-refractivity contribution in [2.75, 3.05) is 18.0 Å². The fourth-order valence-electron chi connectivity index (χ4n) is 3.12. The lowest BCUT2D eigenvalue weighted by Gasteiger charge is -2.39. The number of nitrogens with two attached hydrogens (primary N) is 1. The van der Waals surface area contributed by atoms with Crippen molar-refractivity contribution in [3.63, 3.8) is 0 Å². The maximum absolute atomic E-state index is 10.1. The summed E-state index contributed by atoms with van der Waals surface area (Å²) < 4.78 is 0. The molecule has 0 spiro atoms. The second kappa shape index (κ2) is 5.65. The highest BCUT2D eigenvalue weighted by Gasteiger charge is 2.28. The summed E-state index contributed by atoms with van der Waals surface area (Å²) in [6, 6.07) is 5.76. The maximum atomic E-state index is 10.1. The molecule has 3 N–H and O–H groups in total. The van der Waals surface area contributed by atoms with E-state index in [0.29, 0.717) is 11.2 Å². The quantitative estimate of drug-likeness (QED) is 0.866. The standard InChI is InChI=1S/C17H28N2O/c1-12(18)15-6-5-14(11-16(15)20)19-9-7-13(8-10-19)17(2,3)4/h5-6,11-13,20H,7-10,18H2,1-4H3. The molecule has 1 saturated heterocycles. The first-order chi connectivity index (χ1) is 9.29. The van der Waals surface area contributed by atoms with Crippen LogP contribution in [0.5, 0.6) is 5.75 Å². The van der Waals surface area contributed by atoms with Gasteiger partial charge >= 0.3 is 0 Å². The number of rotatable bonds is 2. The van der Waals surface area contributed by atoms with Crippen LogP contribution in [-0.2, 0) is 0 Å². The van der Waals surface area contributed by atoms with Crippen molar-refractivity contribution in [1.29, 1.82) is 0 Å². The number of phenols is 1. The van der Waals surface area contributed by atoms with E-state index >= 15 is 0 Å². The predicted octanol–water partition coefficient (Wildman–Crippen LogP) is 3.67. The lowest BCUT2D eigenvalue weighted by molar-refractivity contribution is 0.199. The third-order valence-electron chi connectivity index (χ3n) is 4.59. The van der Waals surface area contributed by atoms with Crippen molar-refractivity contribution < 1.29 is 5.11 Å². The average molecular weight is 276 g/mol. The van der Waals surface area contributed by atoms with Crippen LogP contribution in [-0.4, -0.2) is 18.2 Å². The molecule has 0 aliphatic carbocycles. The van der Waals surface area contributed by atoms with Gasteiger partial charge in [0.25, 0.3) is 0 Å². The smallest absolute Gasteiger partial charge is 0.122 e. The van der Waals surface area contributed by atoms with Gasteiger partial charge in [0.15, 0.2) is 0 Å². The Morgan fingerprint density at radius 3 is 2.30 bits per heavy atom. The Morgan fingerprint density at radius 2 is 1.85 bits per heavy atom. The summed E-state index contributed by atoms with van der Waals surface area (Å²) in [4.78, 5) is 2.37. The molecule has 1 aliphatic rings. The second-order valence-electron chi connectivity index (χ2n) is 7.16. The molecule has 2 rings (SSSR count). The molecule has 1 fully saturated rings. The van der Waals surface area contributed by atoms with Gasteiger partial charge in [-0.15, -0.1) is 0 Å². The molecule has 0 amide bonds. The Labute approximate surface area is 122 Å². The summed E-state index contributed by atoms with van der Waals surface area (Å²) >= 11 is 0. The number of piperidine rings is 1. The van der Waals surface area contributed by atoms with Crippen LogP contribution in [0, 0.1) is 11.3 Å². The van der Waals surface area contributed by atoms with Crippen molar-refractivity contribution >= 4 is 5.69 Å². The highest BCUT2D eigenvalue weighted by molar-refractivity contribution is 5.54. The number of benzene rings is 1. The summed E-state index contributed by atoms with van der Waals surface area (Å²) in [5.74, 6) is 1.10. The first-order valence-electron chi connectivity index (χ1n) is 7.62. The van der Waals surface area contributed by atoms with Gasteiger partial charge in [0.2, 0.25) is 0 Å². The third-order valence-corrected chi connectivity index (χ3v) is 4.59. The molecule has 3 heteroatoms. The zero-order valence-corrected chi connectivity index (χ0v) is 13.2. The Bertz CT molecular complexity index is 455. The minimum absolute atomic E-state index is 0.129. The summed E-state index contributed by atoms with van der Waals surface area (Å²) in [6.07, 6.45) is 2.44. The number of phenolic OH excluding ortho intramolecular Hbond substituents is 1. The minimum Gasteiger partial charge on any atom is -0.508 e. The first kappa shape index (κ1) is 15.2. The molecule has 1 aliphatic heterocycles. The van der Waals surface area contributed by atoms with Gasteiger partial charge in [0, 0.05) is 36.4 Å². The molecule has 3 nitrogen and oxygen atoms in total. The van der Waals surface area contributed by atoms with E-state index in [9.17, 15) is 5.11 Å². The average Bonchev–Trinajstić information content (AvgIpc) is 2.37. The molecule has 0 saturated carbocycles. The molecule has 1 heterocycles. The summed E-state index contributed by atoms with van der Waals surface area (Å²) in [7, 11) is 0. The zero-order valence-electron chi connectivity index (χ0n) is 13.2. The van der Waals surface area contributed by atoms with Crippen LogP contribution in [0.1, 0.15) is 52.1 Å². The van der Waals surface area contributed by atoms with E-state index in [0.717, 1.165) is 30.3 Å².